The van der Waals surface area contributed by atoms with Crippen LogP contribution in [0.3, 0.4) is 0 Å². The molecule has 7 nitrogen and oxygen atoms in total. The molecule has 0 spiro atoms. The number of amides is 3. The molecule has 0 atom stereocenters. The molecule has 0 aliphatic rings. The Balaban J connectivity index is 1.52. The minimum absolute atomic E-state index is 0.158. The summed E-state index contributed by atoms with van der Waals surface area (Å²) in [5.74, 6) is -1.96. The normalized spacial score (nSPS) is 10.4. The number of aryl methyl sites for hydroxylation is 1. The molecule has 0 saturated heterocycles. The minimum Gasteiger partial charge on any atom is -0.452 e. The van der Waals surface area contributed by atoms with Crippen LogP contribution in [0.2, 0.25) is 0 Å². The van der Waals surface area contributed by atoms with Crippen molar-refractivity contribution < 1.29 is 23.5 Å². The van der Waals surface area contributed by atoms with Gasteiger partial charge in [-0.2, -0.15) is 0 Å². The number of imide groups is 1. The maximum Gasteiger partial charge on any atom is 0.340 e. The number of pyridine rings is 1. The summed E-state index contributed by atoms with van der Waals surface area (Å²) in [4.78, 5) is 40.0. The van der Waals surface area contributed by atoms with Gasteiger partial charge in [-0.15, -0.1) is 0 Å². The second-order valence-corrected chi connectivity index (χ2v) is 6.25. The Labute approximate surface area is 165 Å². The van der Waals surface area contributed by atoms with Gasteiger partial charge in [-0.3, -0.25) is 15.1 Å². The van der Waals surface area contributed by atoms with Crippen molar-refractivity contribution in [1.29, 1.82) is 0 Å². The Morgan fingerprint density at radius 2 is 1.83 bits per heavy atom. The van der Waals surface area contributed by atoms with E-state index in [0.29, 0.717) is 16.6 Å². The molecule has 0 aliphatic heterocycles. The third kappa shape index (κ3) is 5.35. The van der Waals surface area contributed by atoms with E-state index in [1.807, 2.05) is 30.3 Å². The summed E-state index contributed by atoms with van der Waals surface area (Å²) in [6.07, 6.45) is 0. The predicted molar refractivity (Wildman–Crippen MR) is 104 cm³/mol. The van der Waals surface area contributed by atoms with Crippen LogP contribution in [0, 0.1) is 12.7 Å². The van der Waals surface area contributed by atoms with Crippen LogP contribution in [0.1, 0.15) is 21.6 Å². The Morgan fingerprint density at radius 1 is 1.07 bits per heavy atom. The van der Waals surface area contributed by atoms with E-state index in [0.717, 1.165) is 5.56 Å². The standard InChI is InChI=1S/C21H18FN3O4/c1-13-17(9-15-7-8-16(22)10-18(15)24-13)20(27)29-12-19(26)25-21(28)23-11-14-5-3-2-4-6-14/h2-10H,11-12H2,1H3,(H2,23,25,26,28). The molecule has 1 heterocycles. The molecule has 0 fully saturated rings. The highest BCUT2D eigenvalue weighted by Gasteiger charge is 2.16. The van der Waals surface area contributed by atoms with Gasteiger partial charge in [0, 0.05) is 18.0 Å². The number of carbonyl (C=O) groups excluding carboxylic acids is 3. The number of ether oxygens (including phenoxy) is 1. The van der Waals surface area contributed by atoms with Crippen LogP contribution in [-0.4, -0.2) is 29.5 Å². The first-order chi connectivity index (χ1) is 13.9. The number of rotatable bonds is 5. The first kappa shape index (κ1) is 19.9. The number of nitrogens with one attached hydrogen (secondary N) is 2. The topological polar surface area (TPSA) is 97.4 Å². The lowest BCUT2D eigenvalue weighted by molar-refractivity contribution is -0.123. The maximum absolute atomic E-state index is 13.3. The number of nitrogens with zero attached hydrogens (tertiary/aromatic N) is 1. The molecule has 2 aromatic carbocycles. The van der Waals surface area contributed by atoms with Crippen molar-refractivity contribution in [3.63, 3.8) is 0 Å². The summed E-state index contributed by atoms with van der Waals surface area (Å²) in [5.41, 5.74) is 1.78. The van der Waals surface area contributed by atoms with Crippen LogP contribution < -0.4 is 10.6 Å². The summed E-state index contributed by atoms with van der Waals surface area (Å²) in [6.45, 7) is 1.21. The summed E-state index contributed by atoms with van der Waals surface area (Å²) in [5, 5.41) is 5.18. The number of hydrogen-bond acceptors (Lipinski definition) is 5. The van der Waals surface area contributed by atoms with Crippen LogP contribution in [-0.2, 0) is 16.1 Å². The lowest BCUT2D eigenvalue weighted by Gasteiger charge is -2.09. The smallest absolute Gasteiger partial charge is 0.340 e. The number of fused-ring (bicyclic) bond motifs is 1. The molecule has 3 rings (SSSR count). The van der Waals surface area contributed by atoms with Gasteiger partial charge in [-0.1, -0.05) is 30.3 Å². The molecule has 8 heteroatoms. The van der Waals surface area contributed by atoms with Crippen LogP contribution in [0.15, 0.2) is 54.6 Å². The van der Waals surface area contributed by atoms with Crippen LogP contribution in [0.4, 0.5) is 9.18 Å². The number of benzene rings is 2. The molecular formula is C21H18FN3O4. The largest absolute Gasteiger partial charge is 0.452 e. The molecule has 2 N–H and O–H groups in total. The first-order valence-corrected chi connectivity index (χ1v) is 8.78. The van der Waals surface area contributed by atoms with Crippen LogP contribution >= 0.6 is 0 Å². The van der Waals surface area contributed by atoms with Gasteiger partial charge in [-0.25, -0.2) is 14.0 Å². The highest BCUT2D eigenvalue weighted by molar-refractivity contribution is 5.98. The van der Waals surface area contributed by atoms with Gasteiger partial charge < -0.3 is 10.1 Å². The van der Waals surface area contributed by atoms with Crippen molar-refractivity contribution >= 4 is 28.8 Å². The van der Waals surface area contributed by atoms with Gasteiger partial charge in [0.15, 0.2) is 6.61 Å². The van der Waals surface area contributed by atoms with Crippen molar-refractivity contribution in [2.24, 2.45) is 0 Å². The molecule has 0 saturated carbocycles. The lowest BCUT2D eigenvalue weighted by atomic mass is 10.1. The molecular weight excluding hydrogens is 377 g/mol. The van der Waals surface area contributed by atoms with E-state index in [4.69, 9.17) is 4.74 Å². The number of carbonyl (C=O) groups is 3. The number of halogens is 1. The van der Waals surface area contributed by atoms with Crippen molar-refractivity contribution in [2.45, 2.75) is 13.5 Å². The van der Waals surface area contributed by atoms with Gasteiger partial charge in [0.1, 0.15) is 5.82 Å². The molecule has 1 aromatic heterocycles. The monoisotopic (exact) mass is 395 g/mol. The Bertz CT molecular complexity index is 1070. The Hall–Kier alpha value is -3.81. The fourth-order valence-corrected chi connectivity index (χ4v) is 2.64. The van der Waals surface area contributed by atoms with Crippen molar-refractivity contribution in [2.75, 3.05) is 6.61 Å². The van der Waals surface area contributed by atoms with Gasteiger partial charge >= 0.3 is 12.0 Å². The summed E-state index contributed by atoms with van der Waals surface area (Å²) in [6, 6.07) is 14.0. The zero-order valence-electron chi connectivity index (χ0n) is 15.6. The van der Waals surface area contributed by atoms with Gasteiger partial charge in [0.05, 0.1) is 16.8 Å². The van der Waals surface area contributed by atoms with E-state index in [9.17, 15) is 18.8 Å². The maximum atomic E-state index is 13.3. The molecule has 0 bridgehead atoms. The minimum atomic E-state index is -0.766. The van der Waals surface area contributed by atoms with E-state index < -0.39 is 30.3 Å². The number of hydrogen-bond donors (Lipinski definition) is 2. The van der Waals surface area contributed by atoms with Crippen molar-refractivity contribution in [1.82, 2.24) is 15.6 Å². The fourth-order valence-electron chi connectivity index (χ4n) is 2.64. The van der Waals surface area contributed by atoms with Gasteiger partial charge in [0.25, 0.3) is 5.91 Å². The fraction of sp³-hybridized carbons (Fsp3) is 0.143. The highest BCUT2D eigenvalue weighted by atomic mass is 19.1. The van der Waals surface area contributed by atoms with E-state index >= 15 is 0 Å². The van der Waals surface area contributed by atoms with Crippen molar-refractivity contribution in [3.8, 4) is 0 Å². The summed E-state index contributed by atoms with van der Waals surface area (Å²) < 4.78 is 18.2. The molecule has 0 aliphatic carbocycles. The third-order valence-corrected chi connectivity index (χ3v) is 4.07. The number of esters is 1. The lowest BCUT2D eigenvalue weighted by Crippen LogP contribution is -2.41. The Kier molecular flexibility index (Phi) is 6.13. The van der Waals surface area contributed by atoms with Crippen LogP contribution in [0.5, 0.6) is 0 Å². The first-order valence-electron chi connectivity index (χ1n) is 8.78. The predicted octanol–water partition coefficient (Wildman–Crippen LogP) is 2.87. The highest BCUT2D eigenvalue weighted by Crippen LogP contribution is 2.18. The average molecular weight is 395 g/mol. The molecule has 3 amide bonds. The zero-order chi connectivity index (χ0) is 20.8. The van der Waals surface area contributed by atoms with Gasteiger partial charge in [0.2, 0.25) is 0 Å². The average Bonchev–Trinajstić information content (AvgIpc) is 2.70. The summed E-state index contributed by atoms with van der Waals surface area (Å²) >= 11 is 0. The summed E-state index contributed by atoms with van der Waals surface area (Å²) in [7, 11) is 0. The SMILES string of the molecule is Cc1nc2cc(F)ccc2cc1C(=O)OCC(=O)NC(=O)NCc1ccccc1. The number of aromatic nitrogens is 1. The molecule has 148 valence electrons. The van der Waals surface area contributed by atoms with Crippen molar-refractivity contribution in [3.05, 3.63) is 77.2 Å². The second-order valence-electron chi connectivity index (χ2n) is 6.25. The molecule has 3 aromatic rings. The van der Waals surface area contributed by atoms with Gasteiger partial charge in [-0.05, 0) is 30.7 Å². The van der Waals surface area contributed by atoms with E-state index in [1.165, 1.54) is 24.3 Å². The Morgan fingerprint density at radius 3 is 2.59 bits per heavy atom. The number of urea groups is 1. The zero-order valence-corrected chi connectivity index (χ0v) is 15.6. The molecule has 0 radical (unpaired) electrons. The molecule has 29 heavy (non-hydrogen) atoms. The van der Waals surface area contributed by atoms with E-state index in [1.54, 1.807) is 6.92 Å². The second kappa shape index (κ2) is 8.92. The third-order valence-electron chi connectivity index (χ3n) is 4.07. The molecule has 0 unspecified atom stereocenters. The van der Waals surface area contributed by atoms with E-state index in [-0.39, 0.29) is 12.1 Å². The quantitative estimate of drug-likeness (QED) is 0.648. The van der Waals surface area contributed by atoms with Crippen LogP contribution in [0.25, 0.3) is 10.9 Å². The van der Waals surface area contributed by atoms with E-state index in [2.05, 4.69) is 15.6 Å².